The van der Waals surface area contributed by atoms with E-state index in [1.165, 1.54) is 5.56 Å². The van der Waals surface area contributed by atoms with Gasteiger partial charge in [0.25, 0.3) is 0 Å². The Kier molecular flexibility index (Phi) is 3.72. The topological polar surface area (TPSA) is 58.3 Å². The molecule has 0 unspecified atom stereocenters. The zero-order valence-electron chi connectivity index (χ0n) is 10.5. The monoisotopic (exact) mass is 242 g/mol. The fourth-order valence-corrected chi connectivity index (χ4v) is 1.76. The Morgan fingerprint density at radius 3 is 2.50 bits per heavy atom. The van der Waals surface area contributed by atoms with Crippen LogP contribution in [-0.4, -0.2) is 11.7 Å². The lowest BCUT2D eigenvalue weighted by atomic mass is 10.1. The Bertz CT molecular complexity index is 521. The Hall–Kier alpha value is -2.16. The summed E-state index contributed by atoms with van der Waals surface area (Å²) in [5.41, 5.74) is 9.99. The molecule has 0 spiro atoms. The van der Waals surface area contributed by atoms with E-state index in [1.807, 2.05) is 37.3 Å². The minimum Gasteiger partial charge on any atom is -0.508 e. The third-order valence-corrected chi connectivity index (χ3v) is 2.96. The number of nitrogens with two attached hydrogens (primary N) is 1. The first kappa shape index (κ1) is 12.3. The van der Waals surface area contributed by atoms with Crippen LogP contribution in [0.3, 0.4) is 0 Å². The van der Waals surface area contributed by atoms with Crippen molar-refractivity contribution in [2.75, 3.05) is 17.6 Å². The van der Waals surface area contributed by atoms with Gasteiger partial charge >= 0.3 is 0 Å². The summed E-state index contributed by atoms with van der Waals surface area (Å²) in [6, 6.07) is 13.3. The quantitative estimate of drug-likeness (QED) is 0.722. The van der Waals surface area contributed by atoms with E-state index < -0.39 is 0 Å². The number of hydrogen-bond acceptors (Lipinski definition) is 3. The van der Waals surface area contributed by atoms with Gasteiger partial charge in [0.1, 0.15) is 5.75 Å². The van der Waals surface area contributed by atoms with Gasteiger partial charge in [-0.1, -0.05) is 18.2 Å². The van der Waals surface area contributed by atoms with Gasteiger partial charge in [0.15, 0.2) is 0 Å². The first-order valence-corrected chi connectivity index (χ1v) is 6.03. The smallest absolute Gasteiger partial charge is 0.115 e. The summed E-state index contributed by atoms with van der Waals surface area (Å²) in [6.07, 6.45) is 0.911. The Morgan fingerprint density at radius 1 is 1.11 bits per heavy atom. The van der Waals surface area contributed by atoms with E-state index in [9.17, 15) is 5.11 Å². The summed E-state index contributed by atoms with van der Waals surface area (Å²) in [7, 11) is 0. The van der Waals surface area contributed by atoms with E-state index in [1.54, 1.807) is 12.1 Å². The SMILES string of the molecule is Cc1ccc(NCCc2ccc(O)cc2)cc1N. The van der Waals surface area contributed by atoms with Gasteiger partial charge in [-0.2, -0.15) is 0 Å². The van der Waals surface area contributed by atoms with Crippen molar-refractivity contribution in [3.63, 3.8) is 0 Å². The van der Waals surface area contributed by atoms with E-state index in [2.05, 4.69) is 5.32 Å². The molecule has 4 N–H and O–H groups in total. The van der Waals surface area contributed by atoms with Crippen molar-refractivity contribution < 1.29 is 5.11 Å². The molecular weight excluding hydrogens is 224 g/mol. The van der Waals surface area contributed by atoms with Crippen molar-refractivity contribution in [3.8, 4) is 5.75 Å². The van der Waals surface area contributed by atoms with Gasteiger partial charge in [-0.15, -0.1) is 0 Å². The van der Waals surface area contributed by atoms with Gasteiger partial charge in [0.2, 0.25) is 0 Å². The van der Waals surface area contributed by atoms with E-state index in [0.717, 1.165) is 29.9 Å². The minimum atomic E-state index is 0.304. The average molecular weight is 242 g/mol. The highest BCUT2D eigenvalue weighted by atomic mass is 16.3. The molecule has 2 rings (SSSR count). The number of phenolic OH excluding ortho intramolecular Hbond substituents is 1. The number of benzene rings is 2. The zero-order chi connectivity index (χ0) is 13.0. The van der Waals surface area contributed by atoms with Crippen LogP contribution in [0.25, 0.3) is 0 Å². The van der Waals surface area contributed by atoms with Crippen LogP contribution in [0.4, 0.5) is 11.4 Å². The maximum atomic E-state index is 9.19. The maximum absolute atomic E-state index is 9.19. The first-order chi connectivity index (χ1) is 8.65. The van der Waals surface area contributed by atoms with Crippen molar-refractivity contribution in [2.45, 2.75) is 13.3 Å². The molecule has 0 saturated carbocycles. The van der Waals surface area contributed by atoms with Crippen molar-refractivity contribution in [1.29, 1.82) is 0 Å². The summed E-state index contributed by atoms with van der Waals surface area (Å²) in [4.78, 5) is 0. The second kappa shape index (κ2) is 5.45. The molecule has 0 aliphatic rings. The summed E-state index contributed by atoms with van der Waals surface area (Å²) in [5.74, 6) is 0.304. The summed E-state index contributed by atoms with van der Waals surface area (Å²) >= 11 is 0. The predicted molar refractivity (Wildman–Crippen MR) is 75.9 cm³/mol. The normalized spacial score (nSPS) is 10.3. The Morgan fingerprint density at radius 2 is 1.83 bits per heavy atom. The lowest BCUT2D eigenvalue weighted by molar-refractivity contribution is 0.475. The molecular formula is C15H18N2O. The van der Waals surface area contributed by atoms with Crippen LogP contribution in [-0.2, 0) is 6.42 Å². The molecule has 0 fully saturated rings. The average Bonchev–Trinajstić information content (AvgIpc) is 2.36. The van der Waals surface area contributed by atoms with Crippen molar-refractivity contribution >= 4 is 11.4 Å². The van der Waals surface area contributed by atoms with Gasteiger partial charge in [-0.25, -0.2) is 0 Å². The molecule has 2 aromatic rings. The summed E-state index contributed by atoms with van der Waals surface area (Å²) < 4.78 is 0. The highest BCUT2D eigenvalue weighted by molar-refractivity contribution is 5.58. The minimum absolute atomic E-state index is 0.304. The molecule has 2 aromatic carbocycles. The van der Waals surface area contributed by atoms with Crippen LogP contribution in [0.1, 0.15) is 11.1 Å². The number of aryl methyl sites for hydroxylation is 1. The number of rotatable bonds is 4. The molecule has 3 heteroatoms. The molecule has 3 nitrogen and oxygen atoms in total. The third kappa shape index (κ3) is 3.17. The zero-order valence-corrected chi connectivity index (χ0v) is 10.5. The van der Waals surface area contributed by atoms with E-state index >= 15 is 0 Å². The number of aromatic hydroxyl groups is 1. The molecule has 18 heavy (non-hydrogen) atoms. The molecule has 0 radical (unpaired) electrons. The lowest BCUT2D eigenvalue weighted by Crippen LogP contribution is -2.05. The van der Waals surface area contributed by atoms with E-state index in [0.29, 0.717) is 5.75 Å². The van der Waals surface area contributed by atoms with Crippen molar-refractivity contribution in [3.05, 3.63) is 53.6 Å². The number of hydrogen-bond donors (Lipinski definition) is 3. The van der Waals surface area contributed by atoms with Gasteiger partial charge in [-0.3, -0.25) is 0 Å². The third-order valence-electron chi connectivity index (χ3n) is 2.96. The standard InChI is InChI=1S/C15H18N2O/c1-11-2-5-13(10-15(11)16)17-9-8-12-3-6-14(18)7-4-12/h2-7,10,17-18H,8-9,16H2,1H3. The Balaban J connectivity index is 1.88. The molecule has 0 heterocycles. The second-order valence-corrected chi connectivity index (χ2v) is 4.41. The number of nitrogens with one attached hydrogen (secondary N) is 1. The largest absolute Gasteiger partial charge is 0.508 e. The van der Waals surface area contributed by atoms with Gasteiger partial charge in [0.05, 0.1) is 0 Å². The van der Waals surface area contributed by atoms with E-state index in [4.69, 9.17) is 5.73 Å². The molecule has 0 atom stereocenters. The maximum Gasteiger partial charge on any atom is 0.115 e. The number of anilines is 2. The summed E-state index contributed by atoms with van der Waals surface area (Å²) in [6.45, 7) is 2.84. The fraction of sp³-hybridized carbons (Fsp3) is 0.200. The van der Waals surface area contributed by atoms with Crippen LogP contribution in [0.15, 0.2) is 42.5 Å². The Labute approximate surface area is 107 Å². The lowest BCUT2D eigenvalue weighted by Gasteiger charge is -2.08. The first-order valence-electron chi connectivity index (χ1n) is 6.03. The molecule has 0 bridgehead atoms. The summed E-state index contributed by atoms with van der Waals surface area (Å²) in [5, 5.41) is 12.5. The molecule has 0 amide bonds. The van der Waals surface area contributed by atoms with Gasteiger partial charge in [0, 0.05) is 17.9 Å². The molecule has 0 aromatic heterocycles. The molecule has 0 saturated heterocycles. The molecule has 94 valence electrons. The highest BCUT2D eigenvalue weighted by Gasteiger charge is 1.97. The molecule has 0 aliphatic carbocycles. The van der Waals surface area contributed by atoms with Gasteiger partial charge < -0.3 is 16.2 Å². The predicted octanol–water partition coefficient (Wildman–Crippen LogP) is 2.94. The van der Waals surface area contributed by atoms with Crippen molar-refractivity contribution in [1.82, 2.24) is 0 Å². The van der Waals surface area contributed by atoms with Crippen molar-refractivity contribution in [2.24, 2.45) is 0 Å². The highest BCUT2D eigenvalue weighted by Crippen LogP contribution is 2.17. The van der Waals surface area contributed by atoms with Crippen LogP contribution < -0.4 is 11.1 Å². The van der Waals surface area contributed by atoms with Gasteiger partial charge in [-0.05, 0) is 48.7 Å². The number of nitrogen functional groups attached to an aromatic ring is 1. The van der Waals surface area contributed by atoms with Crippen LogP contribution in [0, 0.1) is 6.92 Å². The van der Waals surface area contributed by atoms with Crippen LogP contribution >= 0.6 is 0 Å². The second-order valence-electron chi connectivity index (χ2n) is 4.41. The van der Waals surface area contributed by atoms with E-state index in [-0.39, 0.29) is 0 Å². The molecule has 0 aliphatic heterocycles. The van der Waals surface area contributed by atoms with Crippen LogP contribution in [0.2, 0.25) is 0 Å². The fourth-order valence-electron chi connectivity index (χ4n) is 1.76. The number of phenols is 1. The van der Waals surface area contributed by atoms with Crippen LogP contribution in [0.5, 0.6) is 5.75 Å².